The molecular weight excluding hydrogens is 634 g/mol. The third kappa shape index (κ3) is 3.79. The maximum Gasteiger partial charge on any atom is 0.258 e. The summed E-state index contributed by atoms with van der Waals surface area (Å²) in [4.78, 5) is 54.1. The molecule has 6 atom stereocenters. The van der Waals surface area contributed by atoms with Gasteiger partial charge in [-0.25, -0.2) is 14.2 Å². The molecule has 0 bridgehead atoms. The maximum atomic E-state index is 14.3. The lowest BCUT2D eigenvalue weighted by molar-refractivity contribution is -0.125. The fraction of sp³-hybridized carbons (Fsp3) is 0.312. The van der Waals surface area contributed by atoms with Gasteiger partial charge in [0.25, 0.3) is 11.8 Å². The molecule has 12 heteroatoms. The number of imide groups is 2. The van der Waals surface area contributed by atoms with E-state index in [4.69, 9.17) is 39.2 Å². The molecule has 1 N–H and O–H groups in total. The molecule has 0 spiro atoms. The number of carbonyl (C=O) groups is 4. The second kappa shape index (κ2) is 10.0. The Balaban J connectivity index is 1.38. The quantitative estimate of drug-likeness (QED) is 0.221. The predicted octanol–water partition coefficient (Wildman–Crippen LogP) is 5.64. The summed E-state index contributed by atoms with van der Waals surface area (Å²) in [6, 6.07) is 12.8. The van der Waals surface area contributed by atoms with Gasteiger partial charge in [0.1, 0.15) is 23.9 Å². The minimum Gasteiger partial charge on any atom is -0.463 e. The number of halogens is 4. The van der Waals surface area contributed by atoms with Crippen molar-refractivity contribution in [2.45, 2.75) is 42.0 Å². The van der Waals surface area contributed by atoms with E-state index in [1.54, 1.807) is 30.3 Å². The minimum atomic E-state index is -2.12. The van der Waals surface area contributed by atoms with Gasteiger partial charge in [0, 0.05) is 5.02 Å². The van der Waals surface area contributed by atoms with Crippen LogP contribution in [0.4, 0.5) is 15.8 Å². The largest absolute Gasteiger partial charge is 0.463 e. The Hall–Kier alpha value is -3.50. The maximum absolute atomic E-state index is 14.3. The first kappa shape index (κ1) is 29.2. The summed E-state index contributed by atoms with van der Waals surface area (Å²) in [5.74, 6) is -6.28. The number of nitrogens with zero attached hydrogens (tertiary/aromatic N) is 2. The van der Waals surface area contributed by atoms with Crippen LogP contribution in [0.1, 0.15) is 35.8 Å². The van der Waals surface area contributed by atoms with Crippen molar-refractivity contribution in [3.63, 3.8) is 0 Å². The monoisotopic (exact) mass is 656 g/mol. The number of aryl methyl sites for hydroxylation is 1. The van der Waals surface area contributed by atoms with Crippen LogP contribution in [0.2, 0.25) is 5.02 Å². The van der Waals surface area contributed by atoms with Crippen LogP contribution in [0.5, 0.6) is 0 Å². The second-order valence-corrected chi connectivity index (χ2v) is 13.3. The van der Waals surface area contributed by atoms with Gasteiger partial charge in [-0.1, -0.05) is 29.3 Å². The Morgan fingerprint density at radius 3 is 2.30 bits per heavy atom. The van der Waals surface area contributed by atoms with Gasteiger partial charge in [-0.3, -0.25) is 19.2 Å². The first-order chi connectivity index (χ1) is 20.9. The minimum absolute atomic E-state index is 0.0782. The van der Waals surface area contributed by atoms with Crippen LogP contribution in [0.25, 0.3) is 0 Å². The number of hydrogen-bond donors (Lipinski definition) is 1. The molecule has 3 aromatic rings. The van der Waals surface area contributed by atoms with E-state index >= 15 is 0 Å². The summed E-state index contributed by atoms with van der Waals surface area (Å²) in [6.07, 6.45) is 1.74. The SMILES string of the molecule is Cc1ccc(N2C(=O)[C@H]3[C@H](CC=C4[C@H]3C[C@@]3(Cl)C(=O)N(c5ccc(F)cc5)C(=O)[C@@]3(Cl)[C@H]4c3ccc(CO)o3)C2=O)cc1Cl. The molecule has 7 rings (SSSR count). The number of anilines is 2. The van der Waals surface area contributed by atoms with Gasteiger partial charge in [-0.05, 0) is 79.8 Å². The number of allylic oxidation sites excluding steroid dienone is 2. The van der Waals surface area contributed by atoms with Gasteiger partial charge < -0.3 is 9.52 Å². The molecule has 3 fully saturated rings. The highest BCUT2D eigenvalue weighted by Gasteiger charge is 2.77. The zero-order valence-electron chi connectivity index (χ0n) is 23.1. The Kier molecular flexibility index (Phi) is 6.64. The summed E-state index contributed by atoms with van der Waals surface area (Å²) in [6.45, 7) is 1.37. The normalized spacial score (nSPS) is 31.3. The number of carbonyl (C=O) groups excluding carboxylic acids is 4. The van der Waals surface area contributed by atoms with Gasteiger partial charge >= 0.3 is 0 Å². The topological polar surface area (TPSA) is 108 Å². The summed E-state index contributed by atoms with van der Waals surface area (Å²) in [5.41, 5.74) is 1.74. The number of fused-ring (bicyclic) bond motifs is 4. The number of amides is 4. The standard InChI is InChI=1S/C32H24Cl3FN2O6/c1-15-2-5-18(12-23(15)33)37-27(40)21-10-9-20-22(25(21)28(37)41)13-31(34)29(42)38(17-6-3-16(36)4-7-17)30(43)32(31,35)26(20)24-11-8-19(14-39)44-24/h2-9,11-12,21-22,25-26,39H,10,13-14H2,1H3/t21-,22+,25-,26+,31+,32-/m0/s1. The van der Waals surface area contributed by atoms with Crippen LogP contribution >= 0.6 is 34.8 Å². The van der Waals surface area contributed by atoms with E-state index in [1.165, 1.54) is 18.2 Å². The average Bonchev–Trinajstić information content (AvgIpc) is 3.61. The third-order valence-corrected chi connectivity index (χ3v) is 11.3. The highest BCUT2D eigenvalue weighted by Crippen LogP contribution is 2.66. The van der Waals surface area contributed by atoms with Gasteiger partial charge in [0.15, 0.2) is 9.75 Å². The lowest BCUT2D eigenvalue weighted by Crippen LogP contribution is -2.60. The number of rotatable bonds is 4. The number of alkyl halides is 2. The van der Waals surface area contributed by atoms with Crippen molar-refractivity contribution in [1.82, 2.24) is 0 Å². The Morgan fingerprint density at radius 2 is 1.64 bits per heavy atom. The Morgan fingerprint density at radius 1 is 0.932 bits per heavy atom. The molecule has 0 radical (unpaired) electrons. The molecule has 44 heavy (non-hydrogen) atoms. The first-order valence-electron chi connectivity index (χ1n) is 14.0. The predicted molar refractivity (Wildman–Crippen MR) is 160 cm³/mol. The highest BCUT2D eigenvalue weighted by atomic mass is 35.5. The van der Waals surface area contributed by atoms with Crippen LogP contribution in [0.3, 0.4) is 0 Å². The number of benzene rings is 2. The zero-order chi connectivity index (χ0) is 31.3. The van der Waals surface area contributed by atoms with E-state index < -0.39 is 69.5 Å². The highest BCUT2D eigenvalue weighted by molar-refractivity contribution is 6.58. The zero-order valence-corrected chi connectivity index (χ0v) is 25.4. The van der Waals surface area contributed by atoms with Crippen molar-refractivity contribution in [2.75, 3.05) is 9.80 Å². The fourth-order valence-electron chi connectivity index (χ4n) is 7.32. The van der Waals surface area contributed by atoms with E-state index in [0.717, 1.165) is 27.5 Å². The van der Waals surface area contributed by atoms with Crippen molar-refractivity contribution in [1.29, 1.82) is 0 Å². The number of hydrogen-bond acceptors (Lipinski definition) is 6. The van der Waals surface area contributed by atoms with Crippen LogP contribution in [0.15, 0.2) is 70.7 Å². The van der Waals surface area contributed by atoms with Crippen molar-refractivity contribution >= 4 is 69.8 Å². The van der Waals surface area contributed by atoms with Gasteiger partial charge in [0.2, 0.25) is 11.8 Å². The van der Waals surface area contributed by atoms with Crippen LogP contribution in [-0.2, 0) is 25.8 Å². The summed E-state index contributed by atoms with van der Waals surface area (Å²) in [5, 5.41) is 10.1. The Labute approximate surface area is 266 Å². The summed E-state index contributed by atoms with van der Waals surface area (Å²) < 4.78 is 19.7. The first-order valence-corrected chi connectivity index (χ1v) is 15.1. The van der Waals surface area contributed by atoms with E-state index in [9.17, 15) is 28.7 Å². The molecule has 4 amide bonds. The fourth-order valence-corrected chi connectivity index (χ4v) is 8.41. The lowest BCUT2D eigenvalue weighted by Gasteiger charge is -2.49. The molecule has 3 heterocycles. The molecule has 2 saturated heterocycles. The molecule has 8 nitrogen and oxygen atoms in total. The molecule has 0 unspecified atom stereocenters. The van der Waals surface area contributed by atoms with Gasteiger partial charge in [0.05, 0.1) is 29.1 Å². The Bertz CT molecular complexity index is 1810. The van der Waals surface area contributed by atoms with E-state index in [1.807, 2.05) is 6.92 Å². The number of aliphatic hydroxyl groups excluding tert-OH is 1. The van der Waals surface area contributed by atoms with E-state index in [-0.39, 0.29) is 30.0 Å². The summed E-state index contributed by atoms with van der Waals surface area (Å²) in [7, 11) is 0. The molecule has 4 aliphatic rings. The molecule has 1 aromatic heterocycles. The van der Waals surface area contributed by atoms with Gasteiger partial charge in [-0.2, -0.15) is 0 Å². The number of aliphatic hydroxyl groups is 1. The van der Waals surface area contributed by atoms with Crippen LogP contribution in [-0.4, -0.2) is 38.5 Å². The van der Waals surface area contributed by atoms with Gasteiger partial charge in [-0.15, -0.1) is 23.2 Å². The average molecular weight is 658 g/mol. The van der Waals surface area contributed by atoms with Crippen molar-refractivity contribution in [3.8, 4) is 0 Å². The summed E-state index contributed by atoms with van der Waals surface area (Å²) >= 11 is 20.9. The number of furan rings is 1. The molecule has 2 aromatic carbocycles. The molecule has 226 valence electrons. The van der Waals surface area contributed by atoms with E-state index in [2.05, 4.69) is 0 Å². The van der Waals surface area contributed by atoms with Crippen molar-refractivity contribution in [3.05, 3.63) is 94.2 Å². The van der Waals surface area contributed by atoms with Crippen LogP contribution < -0.4 is 9.80 Å². The van der Waals surface area contributed by atoms with E-state index in [0.29, 0.717) is 16.3 Å². The lowest BCUT2D eigenvalue weighted by atomic mass is 9.57. The van der Waals surface area contributed by atoms with Crippen molar-refractivity contribution in [2.24, 2.45) is 17.8 Å². The third-order valence-electron chi connectivity index (χ3n) is 9.43. The molecular formula is C32H24Cl3FN2O6. The second-order valence-electron chi connectivity index (χ2n) is 11.7. The van der Waals surface area contributed by atoms with Crippen LogP contribution in [0, 0.1) is 30.5 Å². The molecule has 1 saturated carbocycles. The smallest absolute Gasteiger partial charge is 0.258 e. The molecule has 2 aliphatic heterocycles. The molecule has 2 aliphatic carbocycles. The van der Waals surface area contributed by atoms with Crippen molar-refractivity contribution < 1.29 is 33.1 Å².